The van der Waals surface area contributed by atoms with E-state index in [4.69, 9.17) is 25.8 Å². The van der Waals surface area contributed by atoms with E-state index < -0.39 is 11.9 Å². The Balaban J connectivity index is 0.000000279. The van der Waals surface area contributed by atoms with Gasteiger partial charge in [0.05, 0.1) is 32.0 Å². The van der Waals surface area contributed by atoms with Crippen LogP contribution in [0.3, 0.4) is 0 Å². The molecule has 0 spiro atoms. The highest BCUT2D eigenvalue weighted by Crippen LogP contribution is 2.39. The van der Waals surface area contributed by atoms with Gasteiger partial charge >= 0.3 is 6.18 Å². The van der Waals surface area contributed by atoms with Crippen LogP contribution >= 0.6 is 11.6 Å². The first kappa shape index (κ1) is 123. The number of halogens is 4. The average Bonchev–Trinajstić information content (AvgIpc) is 1.66. The summed E-state index contributed by atoms with van der Waals surface area (Å²) in [6.07, 6.45) is 15.3. The third-order valence-corrected chi connectivity index (χ3v) is 26.1. The largest absolute Gasteiger partial charge is 0.490 e. The highest BCUT2D eigenvalue weighted by molar-refractivity contribution is 6.30. The van der Waals surface area contributed by atoms with Gasteiger partial charge in [-0.15, -0.1) is 0 Å². The molecule has 12 aromatic rings. The molecule has 7 aromatic heterocycles. The van der Waals surface area contributed by atoms with Crippen molar-refractivity contribution in [3.63, 3.8) is 0 Å². The average molecular weight is 2000 g/mol. The number of hydrogen-bond donors (Lipinski definition) is 0. The minimum Gasteiger partial charge on any atom is -0.490 e. The Morgan fingerprint density at radius 1 is 0.326 bits per heavy atom. The number of aromatic nitrogens is 8. The summed E-state index contributed by atoms with van der Waals surface area (Å²) >= 11 is 5.72. The fourth-order valence-corrected chi connectivity index (χ4v) is 16.5. The number of likely N-dealkylation sites (N-methyl/N-ethyl adjacent to an activating group) is 2. The first-order valence-electron chi connectivity index (χ1n) is 51.7. The van der Waals surface area contributed by atoms with E-state index in [-0.39, 0.29) is 38.9 Å². The summed E-state index contributed by atoms with van der Waals surface area (Å²) in [6.45, 7) is 63.6. The Morgan fingerprint density at radius 2 is 0.681 bits per heavy atom. The summed E-state index contributed by atoms with van der Waals surface area (Å²) in [6, 6.07) is 70.4. The van der Waals surface area contributed by atoms with Gasteiger partial charge in [0.2, 0.25) is 0 Å². The molecule has 788 valence electrons. The summed E-state index contributed by atoms with van der Waals surface area (Å²) in [5, 5.41) is 3.41. The van der Waals surface area contributed by atoms with E-state index >= 15 is 0 Å². The number of ether oxygens (including phenoxy) is 3. The van der Waals surface area contributed by atoms with Crippen molar-refractivity contribution in [1.82, 2.24) is 39.3 Å². The molecule has 4 saturated heterocycles. The molecule has 6 aliphatic rings. The van der Waals surface area contributed by atoms with Gasteiger partial charge in [0.25, 0.3) is 0 Å². The van der Waals surface area contributed by atoms with Crippen LogP contribution in [0.25, 0.3) is 5.69 Å². The number of aryl methyl sites for hydroxylation is 2. The minimum absolute atomic E-state index is 0. The molecule has 18 rings (SSSR count). The van der Waals surface area contributed by atoms with Crippen molar-refractivity contribution >= 4 is 46.4 Å². The van der Waals surface area contributed by atoms with Gasteiger partial charge in [-0.05, 0) is 252 Å². The highest BCUT2D eigenvalue weighted by atomic mass is 35.5. The standard InChI is InChI=1S/C13H20N2.C13H15N.C12H18N2O.C12H18N2.C12H17NO.C11H16N2O.C11H16N2.C10H14.2C9H12.C8H10ClF3N2.3CH4/c1-11(2)12-6-7-14-13(10-12)15-8-4-3-5-9-15;1-11(2)13-9-6-10-14(13)12-7-4-3-5-8-12;1-10(2)11-3-4-13-12(9-11)14-5-7-15-8-6-14;1-10(2)11-5-6-13-12(9-11)14-7-3-4-8-14;1-9(2)10-4-5-11-12(8-10)14-7-6-13(11)3;1-8(2)9-6-10-11(12-7-9)13(3)4-5-14-10;1-9(2)10-4-5-12-11(8-10)13-6-3-7-13;1-8(2)10-6-4-9(3)5-7-10;2*1-8(2)9-6-4-3-5-7-9;1-4(2)5-6(8(10,11)12)13-14(3)7(5)9;;;/h6-7,10-11H,3-5,8-9H2,1-2H3;3-11H,1-2H3;3-4,9-10H,5-8H2,1-2H3;5-6,9-10H,3-4,7-8H2,1-2H3;4-5,8-9H,6-7H2,1-3H3;6-8H,4-5H2,1-3H3;4-5,8-9H,3,6-7H2,1-2H3;4-8H,1-3H3;2*3-8H,1-2H3;4H,1-3H3;3*1H4. The number of hydrogen-bond acceptors (Lipinski definition) is 15. The molecule has 21 heteroatoms. The Labute approximate surface area is 873 Å². The maximum absolute atomic E-state index is 12.5. The first-order chi connectivity index (χ1) is 67.3. The molecule has 6 aliphatic heterocycles. The molecule has 0 atom stereocenters. The van der Waals surface area contributed by atoms with E-state index in [0.29, 0.717) is 59.2 Å². The van der Waals surface area contributed by atoms with Crippen LogP contribution in [0.1, 0.15) is 351 Å². The van der Waals surface area contributed by atoms with E-state index in [1.165, 1.54) is 163 Å². The number of pyridine rings is 5. The second-order valence-electron chi connectivity index (χ2n) is 40.6. The molecule has 0 bridgehead atoms. The monoisotopic (exact) mass is 1990 g/mol. The summed E-state index contributed by atoms with van der Waals surface area (Å²) in [4.78, 5) is 35.9. The van der Waals surface area contributed by atoms with Gasteiger partial charge < -0.3 is 48.2 Å². The Hall–Kier alpha value is -11.2. The fourth-order valence-electron chi connectivity index (χ4n) is 16.1. The zero-order chi connectivity index (χ0) is 103. The Bertz CT molecular complexity index is 5330. The lowest BCUT2D eigenvalue weighted by Crippen LogP contribution is -2.37. The normalized spacial score (nSPS) is 13.9. The lowest BCUT2D eigenvalue weighted by molar-refractivity contribution is -0.142. The molecule has 0 aliphatic carbocycles. The SMILES string of the molecule is C.C.C.CC(C)c1c(C(F)(F)F)nn(C)c1Cl.CC(C)c1ccc2c(c1)OCCN2C.CC(C)c1ccccc1.CC(C)c1ccccc1.CC(C)c1cccn1-c1ccccc1.CC(C)c1ccnc(N2CCC2)c1.CC(C)c1ccnc(N2CCCC2)c1.CC(C)c1ccnc(N2CCCCC2)c1.CC(C)c1ccnc(N2CCOCC2)c1.CC(C)c1cnc2c(c1)OCCN2C.Cc1ccc(C(C)C)cc1. The number of benzene rings is 5. The van der Waals surface area contributed by atoms with E-state index in [1.54, 1.807) is 13.8 Å². The van der Waals surface area contributed by atoms with Crippen molar-refractivity contribution in [3.8, 4) is 17.2 Å². The van der Waals surface area contributed by atoms with Crippen molar-refractivity contribution in [2.45, 2.75) is 291 Å². The predicted molar refractivity (Wildman–Crippen MR) is 611 cm³/mol. The van der Waals surface area contributed by atoms with E-state index in [2.05, 4.69) is 405 Å². The number of rotatable bonds is 16. The zero-order valence-corrected chi connectivity index (χ0v) is 90.8. The first-order valence-corrected chi connectivity index (χ1v) is 52.1. The number of anilines is 6. The lowest BCUT2D eigenvalue weighted by Gasteiger charge is -2.32. The molecule has 144 heavy (non-hydrogen) atoms. The van der Waals surface area contributed by atoms with Gasteiger partial charge in [-0.1, -0.05) is 301 Å². The summed E-state index contributed by atoms with van der Waals surface area (Å²) in [5.74, 6) is 13.1. The van der Waals surface area contributed by atoms with Crippen LogP contribution in [0.2, 0.25) is 5.15 Å². The molecule has 0 radical (unpaired) electrons. The van der Waals surface area contributed by atoms with E-state index in [0.717, 1.165) is 92.1 Å². The van der Waals surface area contributed by atoms with Crippen LogP contribution < -0.4 is 38.9 Å². The van der Waals surface area contributed by atoms with Crippen LogP contribution in [-0.4, -0.2) is 145 Å². The van der Waals surface area contributed by atoms with Crippen LogP contribution in [0.4, 0.5) is 47.9 Å². The van der Waals surface area contributed by atoms with Crippen molar-refractivity contribution in [3.05, 3.63) is 315 Å². The molecule has 0 amide bonds. The topological polar surface area (TPSA) is 134 Å². The van der Waals surface area contributed by atoms with Crippen molar-refractivity contribution in [2.24, 2.45) is 7.05 Å². The Kier molecular flexibility index (Phi) is 54.1. The number of para-hydroxylation sites is 1. The van der Waals surface area contributed by atoms with E-state index in [9.17, 15) is 13.2 Å². The van der Waals surface area contributed by atoms with Gasteiger partial charge in [0.15, 0.2) is 17.3 Å². The Morgan fingerprint density at radius 3 is 1.05 bits per heavy atom. The minimum atomic E-state index is -4.44. The van der Waals surface area contributed by atoms with Crippen LogP contribution in [0, 0.1) is 6.92 Å². The van der Waals surface area contributed by atoms with Gasteiger partial charge in [0.1, 0.15) is 47.4 Å². The van der Waals surface area contributed by atoms with Crippen molar-refractivity contribution in [2.75, 3.05) is 135 Å². The highest BCUT2D eigenvalue weighted by Gasteiger charge is 2.39. The molecule has 5 aromatic carbocycles. The second-order valence-corrected chi connectivity index (χ2v) is 40.9. The third kappa shape index (κ3) is 40.3. The predicted octanol–water partition coefficient (Wildman–Crippen LogP) is 32.6. The zero-order valence-electron chi connectivity index (χ0n) is 90.0. The van der Waals surface area contributed by atoms with Gasteiger partial charge in [-0.25, -0.2) is 24.9 Å². The summed E-state index contributed by atoms with van der Waals surface area (Å²) in [7, 11) is 5.54. The fraction of sp³-hybridized carbons (Fsp3) is 0.496. The number of nitrogens with zero attached hydrogens (tertiary/aromatic N) is 14. The van der Waals surface area contributed by atoms with Crippen LogP contribution in [0.15, 0.2) is 237 Å². The smallest absolute Gasteiger partial charge is 0.435 e. The number of fused-ring (bicyclic) bond motifs is 2. The number of morpholine rings is 1. The van der Waals surface area contributed by atoms with Gasteiger partial charge in [-0.3, -0.25) is 4.68 Å². The quantitative estimate of drug-likeness (QED) is 0.0907. The maximum Gasteiger partial charge on any atom is 0.435 e. The van der Waals surface area contributed by atoms with E-state index in [1.807, 2.05) is 56.2 Å². The number of alkyl halides is 3. The summed E-state index contributed by atoms with van der Waals surface area (Å²) < 4.78 is 57.2. The summed E-state index contributed by atoms with van der Waals surface area (Å²) in [5.41, 5.74) is 16.7. The van der Waals surface area contributed by atoms with Gasteiger partial charge in [0, 0.05) is 128 Å². The van der Waals surface area contributed by atoms with Crippen LogP contribution in [0.5, 0.6) is 11.5 Å². The second kappa shape index (κ2) is 63.2. The molecular weight excluding hydrogens is 1810 g/mol. The molecule has 13 heterocycles. The van der Waals surface area contributed by atoms with Crippen molar-refractivity contribution < 1.29 is 27.4 Å². The van der Waals surface area contributed by atoms with Crippen molar-refractivity contribution in [1.29, 1.82) is 0 Å². The lowest BCUT2D eigenvalue weighted by atomic mass is 10.0. The molecule has 4 fully saturated rings. The molecular formula is C123H180ClF3N14O3. The molecule has 0 unspecified atom stereocenters. The van der Waals surface area contributed by atoms with Gasteiger partial charge in [-0.2, -0.15) is 18.3 Å². The molecule has 17 nitrogen and oxygen atoms in total. The molecule has 0 saturated carbocycles. The molecule has 0 N–H and O–H groups in total. The number of piperidine rings is 1. The van der Waals surface area contributed by atoms with Crippen LogP contribution in [-0.2, 0) is 18.0 Å². The maximum atomic E-state index is 12.5. The third-order valence-electron chi connectivity index (χ3n) is 25.6.